The number of thiol groups is 2. The Morgan fingerprint density at radius 3 is 1.57 bits per heavy atom. The Kier molecular flexibility index (Phi) is 7.85. The normalized spacial score (nSPS) is 37.1. The Hall–Kier alpha value is -2.86. The van der Waals surface area contributed by atoms with Crippen molar-refractivity contribution in [1.82, 2.24) is 39.0 Å². The fourth-order valence-electron chi connectivity index (χ4n) is 5.39. The van der Waals surface area contributed by atoms with Gasteiger partial charge in [0.1, 0.15) is 36.6 Å². The summed E-state index contributed by atoms with van der Waals surface area (Å²) in [6.07, 6.45) is -9.18. The van der Waals surface area contributed by atoms with E-state index < -0.39 is 87.0 Å². The van der Waals surface area contributed by atoms with Gasteiger partial charge in [-0.25, -0.2) is 19.1 Å². The van der Waals surface area contributed by atoms with Crippen LogP contribution in [0, 0.1) is 0 Å². The molecule has 3 saturated heterocycles. The van der Waals surface area contributed by atoms with E-state index >= 15 is 0 Å². The van der Waals surface area contributed by atoms with Crippen molar-refractivity contribution in [3.05, 3.63) is 33.4 Å². The second-order valence-corrected chi connectivity index (χ2v) is 16.1. The van der Waals surface area contributed by atoms with Crippen LogP contribution in [0.15, 0.2) is 22.2 Å². The first-order valence-electron chi connectivity index (χ1n) is 13.1. The molecule has 248 valence electrons. The lowest BCUT2D eigenvalue weighted by Gasteiger charge is -2.28. The van der Waals surface area contributed by atoms with E-state index in [1.807, 2.05) is 0 Å². The molecule has 4 aromatic heterocycles. The van der Waals surface area contributed by atoms with Gasteiger partial charge in [0, 0.05) is 0 Å². The molecule has 22 nitrogen and oxygen atoms in total. The average Bonchev–Trinajstić information content (AvgIpc) is 3.72. The van der Waals surface area contributed by atoms with Crippen LogP contribution in [0.2, 0.25) is 0 Å². The molecular weight excluding hydrogens is 698 g/mol. The molecule has 46 heavy (non-hydrogen) atoms. The molecular formula is C20H24N10O12P2S2. The molecule has 3 aliphatic heterocycles. The number of nitrogens with zero attached hydrogens (tertiary/aromatic N) is 6. The molecule has 0 spiro atoms. The minimum atomic E-state index is -4.36. The summed E-state index contributed by atoms with van der Waals surface area (Å²) in [7, 11) is 0. The number of H-pyrrole nitrogens is 2. The lowest BCUT2D eigenvalue weighted by atomic mass is 10.1. The van der Waals surface area contributed by atoms with Gasteiger partial charge in [0.2, 0.25) is 11.9 Å². The number of nitrogens with two attached hydrogens (primary N) is 2. The Balaban J connectivity index is 1.18. The highest BCUT2D eigenvalue weighted by molar-refractivity contribution is 8.44. The van der Waals surface area contributed by atoms with E-state index in [1.54, 1.807) is 0 Å². The van der Waals surface area contributed by atoms with Gasteiger partial charge >= 0.3 is 13.6 Å². The first-order valence-corrected chi connectivity index (χ1v) is 18.5. The summed E-state index contributed by atoms with van der Waals surface area (Å²) in [4.78, 5) is 45.2. The predicted molar refractivity (Wildman–Crippen MR) is 160 cm³/mol. The topological polar surface area (TPSA) is 309 Å². The maximum absolute atomic E-state index is 13.4. The highest BCUT2D eigenvalue weighted by Crippen LogP contribution is 2.60. The number of rotatable bonds is 2. The Morgan fingerprint density at radius 2 is 1.17 bits per heavy atom. The van der Waals surface area contributed by atoms with Gasteiger partial charge in [-0.2, -0.15) is 9.97 Å². The van der Waals surface area contributed by atoms with Crippen LogP contribution in [-0.2, 0) is 36.7 Å². The number of nitrogens with one attached hydrogen (secondary N) is 2. The van der Waals surface area contributed by atoms with Gasteiger partial charge in [0.25, 0.3) is 11.1 Å². The number of imidazole rings is 2. The number of hydrogen-bond acceptors (Lipinski definition) is 18. The zero-order valence-electron chi connectivity index (χ0n) is 22.8. The minimum absolute atomic E-state index is 0.0429. The fourth-order valence-corrected chi connectivity index (χ4v) is 8.37. The van der Waals surface area contributed by atoms with Crippen molar-refractivity contribution >= 4 is 72.3 Å². The molecule has 7 rings (SSSR count). The number of anilines is 2. The number of hydrogen-bond donors (Lipinski definition) is 8. The summed E-state index contributed by atoms with van der Waals surface area (Å²) in [6.45, 7) is -9.96. The first kappa shape index (κ1) is 31.7. The first-order chi connectivity index (χ1) is 21.7. The van der Waals surface area contributed by atoms with E-state index in [1.165, 1.54) is 9.13 Å². The largest absolute Gasteiger partial charge is 0.386 e. The van der Waals surface area contributed by atoms with E-state index in [9.17, 15) is 28.9 Å². The monoisotopic (exact) mass is 722 g/mol. The number of aromatic nitrogens is 8. The van der Waals surface area contributed by atoms with E-state index in [2.05, 4.69) is 54.4 Å². The van der Waals surface area contributed by atoms with Crippen molar-refractivity contribution in [3.8, 4) is 0 Å². The molecule has 10 atom stereocenters. The molecule has 0 aliphatic carbocycles. The number of aliphatic hydroxyl groups excluding tert-OH is 2. The van der Waals surface area contributed by atoms with Crippen molar-refractivity contribution < 1.29 is 46.9 Å². The van der Waals surface area contributed by atoms with Gasteiger partial charge < -0.3 is 31.2 Å². The zero-order valence-corrected chi connectivity index (χ0v) is 26.4. The SMILES string of the molecule is Nc1nc2c(ncn2[C@@H]2OC3CO[P@@](=O)(S)O[C@@H]4C(CO[P@@](=O)(S)O[C@H]3[C@H]2O)O[C@@H](n2cnc3c(=O)[nH]c(N)nc32)[C@@H]4O)c(=O)[nH]1. The summed E-state index contributed by atoms with van der Waals surface area (Å²) >= 11 is 8.07. The molecule has 8 N–H and O–H groups in total. The molecule has 2 unspecified atom stereocenters. The third-order valence-corrected chi connectivity index (χ3v) is 10.6. The Labute approximate surface area is 265 Å². The number of nitrogen functional groups attached to an aromatic ring is 2. The summed E-state index contributed by atoms with van der Waals surface area (Å²) in [5, 5.41) is 22.5. The second kappa shape index (κ2) is 11.4. The molecule has 3 aliphatic rings. The van der Waals surface area contributed by atoms with Gasteiger partial charge in [0.05, 0.1) is 25.9 Å². The van der Waals surface area contributed by atoms with Crippen molar-refractivity contribution in [1.29, 1.82) is 0 Å². The summed E-state index contributed by atoms with van der Waals surface area (Å²) in [5.41, 5.74) is 9.74. The maximum atomic E-state index is 13.4. The average molecular weight is 723 g/mol. The minimum Gasteiger partial charge on any atom is -0.386 e. The van der Waals surface area contributed by atoms with E-state index in [-0.39, 0.29) is 34.2 Å². The van der Waals surface area contributed by atoms with Gasteiger partial charge in [0.15, 0.2) is 34.8 Å². The van der Waals surface area contributed by atoms with Gasteiger partial charge in [-0.15, -0.1) is 0 Å². The van der Waals surface area contributed by atoms with Crippen molar-refractivity contribution in [2.45, 2.75) is 49.1 Å². The quantitative estimate of drug-likeness (QED) is 0.0892. The van der Waals surface area contributed by atoms with Crippen LogP contribution >= 0.6 is 38.1 Å². The lowest BCUT2D eigenvalue weighted by molar-refractivity contribution is -0.0561. The van der Waals surface area contributed by atoms with Crippen molar-refractivity contribution in [3.63, 3.8) is 0 Å². The van der Waals surface area contributed by atoms with Crippen LogP contribution in [-0.4, -0.2) is 99.1 Å². The second-order valence-electron chi connectivity index (χ2n) is 10.3. The van der Waals surface area contributed by atoms with Crippen LogP contribution in [0.3, 0.4) is 0 Å². The number of fused-ring (bicyclic) bond motifs is 4. The summed E-state index contributed by atoms with van der Waals surface area (Å²) in [6, 6.07) is 0. The van der Waals surface area contributed by atoms with Crippen LogP contribution in [0.1, 0.15) is 12.5 Å². The molecule has 0 radical (unpaired) electrons. The van der Waals surface area contributed by atoms with E-state index in [0.717, 1.165) is 12.7 Å². The molecule has 0 bridgehead atoms. The lowest BCUT2D eigenvalue weighted by Crippen LogP contribution is -2.38. The highest BCUT2D eigenvalue weighted by Gasteiger charge is 2.53. The predicted octanol–water partition coefficient (Wildman–Crippen LogP) is -1.17. The van der Waals surface area contributed by atoms with E-state index in [4.69, 9.17) is 39.0 Å². The summed E-state index contributed by atoms with van der Waals surface area (Å²) < 4.78 is 63.2. The van der Waals surface area contributed by atoms with Crippen LogP contribution in [0.4, 0.5) is 11.9 Å². The molecule has 4 aromatic rings. The van der Waals surface area contributed by atoms with Gasteiger partial charge in [-0.3, -0.25) is 46.8 Å². The number of aliphatic hydroxyl groups is 2. The standard InChI is InChI=1S/C20H24N10O12P2S2/c21-19-25-13-7(15(33)27-19)23-3-29(13)17-9(31)11-5(39-17)1-37-43(35,45)42-12-6(2-38-44(36,46)41-11)40-18(10(12)32)30-4-24-8-14(30)26-20(22)28-16(8)34/h3-6,9-12,17-18,31-32H,1-2H2,(H,35,45)(H,36,46)(H3,21,25,27,33)(H3,22,26,28,34)/t5?,6?,9-,10-,11-,12-,17-,18-,43-,44-/m1/s1. The smallest absolute Gasteiger partial charge is 0.386 e. The Morgan fingerprint density at radius 1 is 0.783 bits per heavy atom. The molecule has 3 fully saturated rings. The van der Waals surface area contributed by atoms with Crippen molar-refractivity contribution in [2.24, 2.45) is 0 Å². The maximum Gasteiger partial charge on any atom is 0.386 e. The van der Waals surface area contributed by atoms with E-state index in [0.29, 0.717) is 0 Å². The fraction of sp³-hybridized carbons (Fsp3) is 0.500. The molecule has 0 amide bonds. The highest BCUT2D eigenvalue weighted by atomic mass is 32.7. The third-order valence-electron chi connectivity index (χ3n) is 7.38. The van der Waals surface area contributed by atoms with Crippen LogP contribution in [0.25, 0.3) is 22.3 Å². The van der Waals surface area contributed by atoms with Crippen molar-refractivity contribution in [2.75, 3.05) is 24.7 Å². The number of aromatic amines is 2. The summed E-state index contributed by atoms with van der Waals surface area (Å²) in [5.74, 6) is -0.460. The third kappa shape index (κ3) is 5.56. The van der Waals surface area contributed by atoms with Crippen LogP contribution < -0.4 is 22.6 Å². The number of ether oxygens (including phenoxy) is 2. The molecule has 0 saturated carbocycles. The molecule has 7 heterocycles. The van der Waals surface area contributed by atoms with Gasteiger partial charge in [-0.05, 0) is 0 Å². The molecule has 0 aromatic carbocycles. The van der Waals surface area contributed by atoms with Crippen LogP contribution in [0.5, 0.6) is 0 Å². The molecule has 26 heteroatoms. The Bertz CT molecular complexity index is 1910. The zero-order chi connectivity index (χ0) is 32.7. The van der Waals surface area contributed by atoms with Gasteiger partial charge in [-0.1, -0.05) is 24.5 Å².